The van der Waals surface area contributed by atoms with Gasteiger partial charge in [-0.05, 0) is 19.8 Å². The zero-order chi connectivity index (χ0) is 13.4. The molecule has 0 fully saturated rings. The molecule has 6 heteroatoms. The van der Waals surface area contributed by atoms with Gasteiger partial charge >= 0.3 is 11.9 Å². The fourth-order valence-electron chi connectivity index (χ4n) is 1.11. The topological polar surface area (TPSA) is 95.7 Å². The number of hydrogen-bond acceptors (Lipinski definition) is 6. The maximum atomic E-state index is 11.1. The van der Waals surface area contributed by atoms with Crippen LogP contribution in [0.15, 0.2) is 11.8 Å². The van der Waals surface area contributed by atoms with Crippen LogP contribution in [-0.2, 0) is 23.9 Å². The van der Waals surface area contributed by atoms with Gasteiger partial charge in [-0.15, -0.1) is 0 Å². The summed E-state index contributed by atoms with van der Waals surface area (Å²) in [5.74, 6) is -2.13. The van der Waals surface area contributed by atoms with Gasteiger partial charge in [-0.3, -0.25) is 9.59 Å². The third-order valence-electron chi connectivity index (χ3n) is 1.91. The van der Waals surface area contributed by atoms with Gasteiger partial charge in [0, 0.05) is 18.7 Å². The molecule has 0 aliphatic heterocycles. The number of nitrogens with two attached hydrogens (primary N) is 1. The van der Waals surface area contributed by atoms with Gasteiger partial charge < -0.3 is 15.2 Å². The van der Waals surface area contributed by atoms with Crippen molar-refractivity contribution in [2.24, 2.45) is 5.73 Å². The molecular formula is C11H17NO5. The highest BCUT2D eigenvalue weighted by Gasteiger charge is 2.12. The summed E-state index contributed by atoms with van der Waals surface area (Å²) >= 11 is 0. The fourth-order valence-corrected chi connectivity index (χ4v) is 1.11. The zero-order valence-corrected chi connectivity index (χ0v) is 10.2. The molecule has 17 heavy (non-hydrogen) atoms. The molecule has 0 aromatic heterocycles. The number of rotatable bonds is 6. The molecule has 0 aliphatic carbocycles. The normalized spacial score (nSPS) is 12.8. The predicted molar refractivity (Wildman–Crippen MR) is 59.8 cm³/mol. The van der Waals surface area contributed by atoms with E-state index in [1.807, 2.05) is 0 Å². The third kappa shape index (κ3) is 7.10. The lowest BCUT2D eigenvalue weighted by molar-refractivity contribution is -0.149. The van der Waals surface area contributed by atoms with Gasteiger partial charge in [0.1, 0.15) is 0 Å². The van der Waals surface area contributed by atoms with Crippen LogP contribution >= 0.6 is 0 Å². The number of carbonyl (C=O) groups excluding carboxylic acids is 3. The van der Waals surface area contributed by atoms with Gasteiger partial charge in [-0.2, -0.15) is 0 Å². The Morgan fingerprint density at radius 1 is 1.35 bits per heavy atom. The Balaban J connectivity index is 4.13. The van der Waals surface area contributed by atoms with Crippen LogP contribution in [0.3, 0.4) is 0 Å². The van der Waals surface area contributed by atoms with Gasteiger partial charge in [0.2, 0.25) is 0 Å². The number of hydrogen-bond donors (Lipinski definition) is 1. The van der Waals surface area contributed by atoms with Crippen LogP contribution in [0.1, 0.15) is 26.7 Å². The van der Waals surface area contributed by atoms with Gasteiger partial charge in [-0.25, -0.2) is 4.79 Å². The van der Waals surface area contributed by atoms with Crippen molar-refractivity contribution in [3.63, 3.8) is 0 Å². The molecule has 6 nitrogen and oxygen atoms in total. The van der Waals surface area contributed by atoms with Crippen LogP contribution < -0.4 is 5.73 Å². The second-order valence-corrected chi connectivity index (χ2v) is 3.53. The molecule has 1 unspecified atom stereocenters. The van der Waals surface area contributed by atoms with Crippen molar-refractivity contribution in [2.45, 2.75) is 32.8 Å². The number of esters is 2. The minimum Gasteiger partial charge on any atom is -0.463 e. The molecule has 0 radical (unpaired) electrons. The highest BCUT2D eigenvalue weighted by Crippen LogP contribution is 2.06. The van der Waals surface area contributed by atoms with E-state index < -0.39 is 11.8 Å². The van der Waals surface area contributed by atoms with Gasteiger partial charge in [0.05, 0.1) is 13.2 Å². The Hall–Kier alpha value is -1.85. The highest BCUT2D eigenvalue weighted by atomic mass is 16.5. The molecule has 0 heterocycles. The Kier molecular flexibility index (Phi) is 6.62. The second-order valence-electron chi connectivity index (χ2n) is 3.53. The SMILES string of the molecule is COC(=O)C(=O)C=C(N)CCC(C)OC(C)=O. The maximum Gasteiger partial charge on any atom is 0.378 e. The largest absolute Gasteiger partial charge is 0.463 e. The zero-order valence-electron chi connectivity index (χ0n) is 10.2. The summed E-state index contributed by atoms with van der Waals surface area (Å²) in [6.45, 7) is 3.04. The number of ether oxygens (including phenoxy) is 2. The molecule has 0 spiro atoms. The van der Waals surface area contributed by atoms with Crippen molar-refractivity contribution < 1.29 is 23.9 Å². The Morgan fingerprint density at radius 2 is 1.94 bits per heavy atom. The molecule has 0 saturated carbocycles. The molecule has 96 valence electrons. The molecule has 0 rings (SSSR count). The van der Waals surface area contributed by atoms with Gasteiger partial charge in [0.15, 0.2) is 0 Å². The van der Waals surface area contributed by atoms with Crippen molar-refractivity contribution in [2.75, 3.05) is 7.11 Å². The van der Waals surface area contributed by atoms with E-state index in [0.29, 0.717) is 12.8 Å². The van der Waals surface area contributed by atoms with Gasteiger partial charge in [0.25, 0.3) is 5.78 Å². The van der Waals surface area contributed by atoms with E-state index in [9.17, 15) is 14.4 Å². The molecule has 0 aromatic rings. The summed E-state index contributed by atoms with van der Waals surface area (Å²) in [6, 6.07) is 0. The average molecular weight is 243 g/mol. The molecule has 2 N–H and O–H groups in total. The number of allylic oxidation sites excluding steroid dienone is 1. The first-order valence-corrected chi connectivity index (χ1v) is 5.12. The minimum atomic E-state index is -0.957. The lowest BCUT2D eigenvalue weighted by Crippen LogP contribution is -2.16. The Morgan fingerprint density at radius 3 is 2.41 bits per heavy atom. The third-order valence-corrected chi connectivity index (χ3v) is 1.91. The molecule has 0 aliphatic rings. The fraction of sp³-hybridized carbons (Fsp3) is 0.545. The number of ketones is 1. The van der Waals surface area contributed by atoms with E-state index in [2.05, 4.69) is 4.74 Å². The van der Waals surface area contributed by atoms with E-state index in [0.717, 1.165) is 13.2 Å². The lowest BCUT2D eigenvalue weighted by atomic mass is 10.1. The lowest BCUT2D eigenvalue weighted by Gasteiger charge is -2.11. The summed E-state index contributed by atoms with van der Waals surface area (Å²) in [6.07, 6.45) is 1.58. The molecular weight excluding hydrogens is 226 g/mol. The van der Waals surface area contributed by atoms with Crippen LogP contribution in [0.5, 0.6) is 0 Å². The van der Waals surface area contributed by atoms with E-state index >= 15 is 0 Å². The quantitative estimate of drug-likeness (QED) is 0.409. The Labute approximate surface area is 99.8 Å². The summed E-state index contributed by atoms with van der Waals surface area (Å²) in [5.41, 5.74) is 5.79. The van der Waals surface area contributed by atoms with Crippen LogP contribution in [0.2, 0.25) is 0 Å². The maximum absolute atomic E-state index is 11.1. The second kappa shape index (κ2) is 7.43. The first-order chi connectivity index (χ1) is 7.86. The summed E-state index contributed by atoms with van der Waals surface area (Å²) in [5, 5.41) is 0. The molecule has 0 saturated heterocycles. The van der Waals surface area contributed by atoms with Crippen LogP contribution in [0.25, 0.3) is 0 Å². The average Bonchev–Trinajstić information content (AvgIpc) is 2.24. The van der Waals surface area contributed by atoms with E-state index in [1.54, 1.807) is 6.92 Å². The monoisotopic (exact) mass is 243 g/mol. The molecule has 0 amide bonds. The van der Waals surface area contributed by atoms with E-state index in [-0.39, 0.29) is 17.8 Å². The summed E-state index contributed by atoms with van der Waals surface area (Å²) in [4.78, 5) is 32.5. The van der Waals surface area contributed by atoms with Crippen molar-refractivity contribution in [3.05, 3.63) is 11.8 Å². The smallest absolute Gasteiger partial charge is 0.378 e. The van der Waals surface area contributed by atoms with Crippen molar-refractivity contribution in [1.82, 2.24) is 0 Å². The first-order valence-electron chi connectivity index (χ1n) is 5.12. The predicted octanol–water partition coefficient (Wildman–Crippen LogP) is 0.303. The van der Waals surface area contributed by atoms with Crippen molar-refractivity contribution >= 4 is 17.7 Å². The molecule has 1 atom stereocenters. The highest BCUT2D eigenvalue weighted by molar-refractivity contribution is 6.38. The van der Waals surface area contributed by atoms with Crippen LogP contribution in [0.4, 0.5) is 0 Å². The van der Waals surface area contributed by atoms with Crippen LogP contribution in [0, 0.1) is 0 Å². The van der Waals surface area contributed by atoms with E-state index in [1.165, 1.54) is 6.92 Å². The Bertz CT molecular complexity index is 335. The summed E-state index contributed by atoms with van der Waals surface area (Å²) in [7, 11) is 1.12. The number of carbonyl (C=O) groups is 3. The van der Waals surface area contributed by atoms with E-state index in [4.69, 9.17) is 10.5 Å². The van der Waals surface area contributed by atoms with Crippen LogP contribution in [-0.4, -0.2) is 30.9 Å². The van der Waals surface area contributed by atoms with Crippen molar-refractivity contribution in [1.29, 1.82) is 0 Å². The first kappa shape index (κ1) is 15.2. The molecule has 0 aromatic carbocycles. The summed E-state index contributed by atoms with van der Waals surface area (Å²) < 4.78 is 9.11. The molecule has 0 bridgehead atoms. The van der Waals surface area contributed by atoms with Gasteiger partial charge in [-0.1, -0.05) is 0 Å². The number of methoxy groups -OCH3 is 1. The standard InChI is InChI=1S/C11H17NO5/c1-7(17-8(2)13)4-5-9(12)6-10(14)11(15)16-3/h6-7H,4-5,12H2,1-3H3. The van der Waals surface area contributed by atoms with Crippen molar-refractivity contribution in [3.8, 4) is 0 Å². The minimum absolute atomic E-state index is 0.249.